The Bertz CT molecular complexity index is 553. The summed E-state index contributed by atoms with van der Waals surface area (Å²) in [6.45, 7) is 4.86. The molecular weight excluding hydrogens is 433 g/mol. The molecule has 1 N–H and O–H groups in total. The van der Waals surface area contributed by atoms with Crippen LogP contribution in [0.1, 0.15) is 31.7 Å². The van der Waals surface area contributed by atoms with Gasteiger partial charge in [0.25, 0.3) is 0 Å². The lowest BCUT2D eigenvalue weighted by Gasteiger charge is -2.33. The molecule has 1 aliphatic heterocycles. The number of likely N-dealkylation sites (tertiary alicyclic amines) is 1. The topological polar surface area (TPSA) is 71.8 Å². The van der Waals surface area contributed by atoms with E-state index in [1.807, 2.05) is 24.9 Å². The Kier molecular flexibility index (Phi) is 9.84. The summed E-state index contributed by atoms with van der Waals surface area (Å²) in [5.74, 6) is 0.893. The first-order chi connectivity index (χ1) is 11.6. The average Bonchev–Trinajstić information content (AvgIpc) is 3.01. The van der Waals surface area contributed by atoms with E-state index < -0.39 is 0 Å². The number of hydrogen-bond donors (Lipinski definition) is 1. The zero-order valence-electron chi connectivity index (χ0n) is 15.4. The minimum atomic E-state index is -0.0587. The molecule has 0 bridgehead atoms. The van der Waals surface area contributed by atoms with E-state index in [2.05, 4.69) is 26.5 Å². The maximum absolute atomic E-state index is 11.8. The first kappa shape index (κ1) is 21.7. The van der Waals surface area contributed by atoms with Crippen LogP contribution in [0.2, 0.25) is 0 Å². The number of halogens is 1. The molecule has 1 fully saturated rings. The van der Waals surface area contributed by atoms with E-state index in [1.54, 1.807) is 7.05 Å². The molecule has 0 radical (unpaired) electrons. The van der Waals surface area contributed by atoms with Crippen molar-refractivity contribution in [1.82, 2.24) is 20.0 Å². The Morgan fingerprint density at radius 2 is 2.16 bits per heavy atom. The summed E-state index contributed by atoms with van der Waals surface area (Å²) in [7, 11) is 3.74. The van der Waals surface area contributed by atoms with E-state index >= 15 is 0 Å². The van der Waals surface area contributed by atoms with Crippen molar-refractivity contribution in [3.63, 3.8) is 0 Å². The molecule has 1 aliphatic rings. The van der Waals surface area contributed by atoms with Crippen molar-refractivity contribution in [2.24, 2.45) is 18.0 Å². The van der Waals surface area contributed by atoms with E-state index in [9.17, 15) is 4.79 Å². The quantitative estimate of drug-likeness (QED) is 0.229. The maximum Gasteiger partial charge on any atom is 0.309 e. The molecule has 1 saturated heterocycles. The van der Waals surface area contributed by atoms with Crippen LogP contribution in [0.3, 0.4) is 0 Å². The number of carbonyl (C=O) groups is 1. The molecule has 1 aromatic heterocycles. The molecule has 1 aromatic rings. The van der Waals surface area contributed by atoms with Gasteiger partial charge in [0.05, 0.1) is 18.7 Å². The molecule has 8 heteroatoms. The molecule has 0 saturated carbocycles. The third-order valence-corrected chi connectivity index (χ3v) is 4.31. The highest BCUT2D eigenvalue weighted by atomic mass is 127. The van der Waals surface area contributed by atoms with E-state index in [1.165, 1.54) is 5.56 Å². The molecule has 0 spiro atoms. The smallest absolute Gasteiger partial charge is 0.309 e. The lowest BCUT2D eigenvalue weighted by Crippen LogP contribution is -2.47. The minimum Gasteiger partial charge on any atom is -0.466 e. The van der Waals surface area contributed by atoms with E-state index in [0.717, 1.165) is 51.3 Å². The second kappa shape index (κ2) is 11.3. The number of ether oxygens (including phenoxy) is 1. The van der Waals surface area contributed by atoms with Crippen molar-refractivity contribution in [2.75, 3.05) is 33.3 Å². The third kappa shape index (κ3) is 6.83. The van der Waals surface area contributed by atoms with Gasteiger partial charge in [-0.05, 0) is 38.2 Å². The second-order valence-electron chi connectivity index (χ2n) is 6.11. The fraction of sp³-hybridized carbons (Fsp3) is 0.706. The third-order valence-electron chi connectivity index (χ3n) is 4.31. The predicted molar refractivity (Wildman–Crippen MR) is 109 cm³/mol. The molecule has 7 nitrogen and oxygen atoms in total. The highest BCUT2D eigenvalue weighted by Crippen LogP contribution is 2.18. The van der Waals surface area contributed by atoms with Crippen LogP contribution in [0.4, 0.5) is 0 Å². The van der Waals surface area contributed by atoms with Gasteiger partial charge in [-0.15, -0.1) is 24.0 Å². The average molecular weight is 463 g/mol. The number of aryl methyl sites for hydroxylation is 2. The Hall–Kier alpha value is -1.32. The summed E-state index contributed by atoms with van der Waals surface area (Å²) < 4.78 is 6.95. The summed E-state index contributed by atoms with van der Waals surface area (Å²) in [5.41, 5.74) is 1.25. The fourth-order valence-corrected chi connectivity index (χ4v) is 3.01. The van der Waals surface area contributed by atoms with Gasteiger partial charge in [0.2, 0.25) is 0 Å². The van der Waals surface area contributed by atoms with Crippen LogP contribution in [0.25, 0.3) is 0 Å². The van der Waals surface area contributed by atoms with E-state index in [0.29, 0.717) is 6.61 Å². The van der Waals surface area contributed by atoms with E-state index in [4.69, 9.17) is 4.74 Å². The van der Waals surface area contributed by atoms with Crippen LogP contribution in [0.5, 0.6) is 0 Å². The lowest BCUT2D eigenvalue weighted by atomic mass is 9.97. The summed E-state index contributed by atoms with van der Waals surface area (Å²) in [5, 5.41) is 7.60. The van der Waals surface area contributed by atoms with Crippen LogP contribution in [-0.4, -0.2) is 59.9 Å². The first-order valence-corrected chi connectivity index (χ1v) is 8.73. The monoisotopic (exact) mass is 463 g/mol. The number of aromatic nitrogens is 2. The van der Waals surface area contributed by atoms with Gasteiger partial charge in [-0.2, -0.15) is 5.10 Å². The number of aliphatic imine (C=N–C) groups is 1. The van der Waals surface area contributed by atoms with Crippen molar-refractivity contribution in [3.8, 4) is 0 Å². The van der Waals surface area contributed by atoms with Gasteiger partial charge in [0, 0.05) is 39.9 Å². The zero-order chi connectivity index (χ0) is 17.4. The van der Waals surface area contributed by atoms with Crippen LogP contribution >= 0.6 is 24.0 Å². The first-order valence-electron chi connectivity index (χ1n) is 8.73. The fourth-order valence-electron chi connectivity index (χ4n) is 3.01. The zero-order valence-corrected chi connectivity index (χ0v) is 17.7. The molecule has 142 valence electrons. The Labute approximate surface area is 167 Å². The van der Waals surface area contributed by atoms with Gasteiger partial charge in [-0.1, -0.05) is 0 Å². The van der Waals surface area contributed by atoms with Gasteiger partial charge in [-0.25, -0.2) is 0 Å². The number of nitrogens with zero attached hydrogens (tertiary/aromatic N) is 4. The number of guanidine groups is 1. The predicted octanol–water partition coefficient (Wildman–Crippen LogP) is 1.82. The number of hydrogen-bond acceptors (Lipinski definition) is 4. The van der Waals surface area contributed by atoms with Gasteiger partial charge in [-0.3, -0.25) is 14.5 Å². The normalized spacial score (nSPS) is 15.6. The summed E-state index contributed by atoms with van der Waals surface area (Å²) in [6, 6.07) is 0. The van der Waals surface area contributed by atoms with Crippen LogP contribution in [0, 0.1) is 5.92 Å². The van der Waals surface area contributed by atoms with Crippen molar-refractivity contribution in [3.05, 3.63) is 18.0 Å². The number of nitrogens with one attached hydrogen (secondary N) is 1. The van der Waals surface area contributed by atoms with Crippen LogP contribution < -0.4 is 5.32 Å². The van der Waals surface area contributed by atoms with Crippen molar-refractivity contribution < 1.29 is 9.53 Å². The van der Waals surface area contributed by atoms with Crippen LogP contribution in [-0.2, 0) is 23.0 Å². The molecule has 0 atom stereocenters. The molecule has 0 aliphatic carbocycles. The molecular formula is C17H30IN5O2. The van der Waals surface area contributed by atoms with Gasteiger partial charge < -0.3 is 15.0 Å². The Balaban J connectivity index is 0.00000312. The number of rotatable bonds is 6. The maximum atomic E-state index is 11.8. The standard InChI is InChI=1S/C17H29N5O2.HI/c1-4-24-16(23)15-7-10-22(11-8-15)17(18-2)19-9-5-6-14-12-20-21(3)13-14;/h12-13,15H,4-11H2,1-3H3,(H,18,19);1H. The van der Waals surface area contributed by atoms with Gasteiger partial charge in [0.1, 0.15) is 0 Å². The summed E-state index contributed by atoms with van der Waals surface area (Å²) in [4.78, 5) is 18.4. The van der Waals surface area contributed by atoms with Crippen molar-refractivity contribution >= 4 is 35.9 Å². The largest absolute Gasteiger partial charge is 0.466 e. The minimum absolute atomic E-state index is 0. The highest BCUT2D eigenvalue weighted by molar-refractivity contribution is 14.0. The van der Waals surface area contributed by atoms with Crippen molar-refractivity contribution in [2.45, 2.75) is 32.6 Å². The molecule has 2 rings (SSSR count). The molecule has 2 heterocycles. The number of piperidine rings is 1. The highest BCUT2D eigenvalue weighted by Gasteiger charge is 2.27. The number of carbonyl (C=O) groups excluding carboxylic acids is 1. The molecule has 0 unspecified atom stereocenters. The lowest BCUT2D eigenvalue weighted by molar-refractivity contribution is -0.149. The van der Waals surface area contributed by atoms with E-state index in [-0.39, 0.29) is 35.9 Å². The Morgan fingerprint density at radius 1 is 1.44 bits per heavy atom. The summed E-state index contributed by atoms with van der Waals surface area (Å²) in [6.07, 6.45) is 7.65. The van der Waals surface area contributed by atoms with Gasteiger partial charge >= 0.3 is 5.97 Å². The Morgan fingerprint density at radius 3 is 2.72 bits per heavy atom. The summed E-state index contributed by atoms with van der Waals surface area (Å²) >= 11 is 0. The van der Waals surface area contributed by atoms with Crippen LogP contribution in [0.15, 0.2) is 17.4 Å². The second-order valence-corrected chi connectivity index (χ2v) is 6.11. The SMILES string of the molecule is CCOC(=O)C1CCN(C(=NC)NCCCc2cnn(C)c2)CC1.I. The molecule has 0 amide bonds. The van der Waals surface area contributed by atoms with Crippen molar-refractivity contribution in [1.29, 1.82) is 0 Å². The number of esters is 1. The molecule has 0 aromatic carbocycles. The molecule has 25 heavy (non-hydrogen) atoms. The van der Waals surface area contributed by atoms with Gasteiger partial charge in [0.15, 0.2) is 5.96 Å².